The van der Waals surface area contributed by atoms with Crippen molar-refractivity contribution in [1.29, 1.82) is 0 Å². The maximum atomic E-state index is 5.29. The number of hydrogen-bond acceptors (Lipinski definition) is 3. The summed E-state index contributed by atoms with van der Waals surface area (Å²) in [4.78, 5) is 4.32. The zero-order valence-corrected chi connectivity index (χ0v) is 11.3. The molecule has 0 bridgehead atoms. The summed E-state index contributed by atoms with van der Waals surface area (Å²) in [6, 6.07) is 2.73. The van der Waals surface area contributed by atoms with Gasteiger partial charge in [0.1, 0.15) is 4.60 Å². The summed E-state index contributed by atoms with van der Waals surface area (Å²) in [6.07, 6.45) is 6.56. The fraction of sp³-hybridized carbons (Fsp3) is 0.462. The van der Waals surface area contributed by atoms with Crippen LogP contribution in [0.25, 0.3) is 5.57 Å². The molecule has 1 N–H and O–H groups in total. The van der Waals surface area contributed by atoms with Crippen LogP contribution in [0.15, 0.2) is 22.9 Å². The molecular weight excluding hydrogens is 280 g/mol. The molecule has 1 aromatic rings. The van der Waals surface area contributed by atoms with Gasteiger partial charge in [-0.2, -0.15) is 0 Å². The highest BCUT2D eigenvalue weighted by Gasteiger charge is 2.33. The van der Waals surface area contributed by atoms with E-state index in [9.17, 15) is 0 Å². The average molecular weight is 295 g/mol. The molecule has 1 aliphatic heterocycles. The minimum Gasteiger partial charge on any atom is -0.494 e. The van der Waals surface area contributed by atoms with Crippen LogP contribution in [0.2, 0.25) is 0 Å². The Kier molecular flexibility index (Phi) is 2.92. The van der Waals surface area contributed by atoms with Gasteiger partial charge >= 0.3 is 0 Å². The van der Waals surface area contributed by atoms with E-state index in [1.54, 1.807) is 7.11 Å². The molecule has 1 saturated heterocycles. The van der Waals surface area contributed by atoms with E-state index in [1.807, 2.05) is 6.20 Å². The Bertz CT molecular complexity index is 472. The number of pyridine rings is 1. The van der Waals surface area contributed by atoms with Crippen LogP contribution >= 0.6 is 15.9 Å². The van der Waals surface area contributed by atoms with Gasteiger partial charge in [0.05, 0.1) is 7.11 Å². The summed E-state index contributed by atoms with van der Waals surface area (Å²) in [5.74, 6) is 1.65. The fourth-order valence-electron chi connectivity index (χ4n) is 2.53. The number of aromatic nitrogens is 1. The molecule has 1 aromatic heterocycles. The van der Waals surface area contributed by atoms with Crippen molar-refractivity contribution in [1.82, 2.24) is 10.3 Å². The van der Waals surface area contributed by atoms with Crippen LogP contribution < -0.4 is 10.1 Å². The first kappa shape index (κ1) is 11.2. The van der Waals surface area contributed by atoms with Gasteiger partial charge in [0.2, 0.25) is 0 Å². The Morgan fingerprint density at radius 1 is 1.53 bits per heavy atom. The fourth-order valence-corrected chi connectivity index (χ4v) is 2.91. The third-order valence-corrected chi connectivity index (χ3v) is 4.31. The van der Waals surface area contributed by atoms with Crippen LogP contribution in [0.1, 0.15) is 18.4 Å². The van der Waals surface area contributed by atoms with Gasteiger partial charge in [-0.1, -0.05) is 6.08 Å². The summed E-state index contributed by atoms with van der Waals surface area (Å²) in [5.41, 5.74) is 2.56. The molecule has 0 amide bonds. The van der Waals surface area contributed by atoms with Gasteiger partial charge in [-0.25, -0.2) is 4.98 Å². The first-order valence-electron chi connectivity index (χ1n) is 5.90. The first-order chi connectivity index (χ1) is 8.28. The molecule has 17 heavy (non-hydrogen) atoms. The van der Waals surface area contributed by atoms with Crippen LogP contribution in [0, 0.1) is 5.92 Å². The molecule has 90 valence electrons. The third kappa shape index (κ3) is 2.00. The van der Waals surface area contributed by atoms with Gasteiger partial charge in [0, 0.05) is 18.8 Å². The molecule has 3 rings (SSSR count). The summed E-state index contributed by atoms with van der Waals surface area (Å²) in [7, 11) is 1.67. The van der Waals surface area contributed by atoms with Crippen molar-refractivity contribution < 1.29 is 4.74 Å². The van der Waals surface area contributed by atoms with Crippen LogP contribution in [0.4, 0.5) is 0 Å². The Morgan fingerprint density at radius 2 is 2.41 bits per heavy atom. The van der Waals surface area contributed by atoms with E-state index in [2.05, 4.69) is 38.4 Å². The van der Waals surface area contributed by atoms with Gasteiger partial charge in [0.25, 0.3) is 0 Å². The average Bonchev–Trinajstić information content (AvgIpc) is 2.32. The summed E-state index contributed by atoms with van der Waals surface area (Å²) in [5, 5.41) is 3.49. The number of hydrogen-bond donors (Lipinski definition) is 1. The molecule has 0 radical (unpaired) electrons. The minimum absolute atomic E-state index is 0.671. The lowest BCUT2D eigenvalue weighted by Gasteiger charge is -2.41. The summed E-state index contributed by atoms with van der Waals surface area (Å²) >= 11 is 3.38. The van der Waals surface area contributed by atoms with Crippen LogP contribution in [-0.4, -0.2) is 24.7 Å². The van der Waals surface area contributed by atoms with Crippen molar-refractivity contribution in [2.75, 3.05) is 13.7 Å². The van der Waals surface area contributed by atoms with E-state index < -0.39 is 0 Å². The first-order valence-corrected chi connectivity index (χ1v) is 6.69. The zero-order chi connectivity index (χ0) is 11.8. The molecule has 1 aliphatic carbocycles. The Balaban J connectivity index is 1.88. The number of nitrogens with one attached hydrogen (secondary N) is 1. The van der Waals surface area contributed by atoms with E-state index >= 15 is 0 Å². The Hall–Kier alpha value is -0.870. The normalized spacial score (nSPS) is 26.8. The number of methoxy groups -OCH3 is 1. The number of ether oxygens (including phenoxy) is 1. The third-order valence-electron chi connectivity index (χ3n) is 3.72. The Morgan fingerprint density at radius 3 is 3.06 bits per heavy atom. The monoisotopic (exact) mass is 294 g/mol. The van der Waals surface area contributed by atoms with Crippen LogP contribution in [0.5, 0.6) is 5.75 Å². The quantitative estimate of drug-likeness (QED) is 0.852. The summed E-state index contributed by atoms with van der Waals surface area (Å²) < 4.78 is 6.05. The lowest BCUT2D eigenvalue weighted by Crippen LogP contribution is -2.53. The second kappa shape index (κ2) is 4.42. The maximum Gasteiger partial charge on any atom is 0.152 e. The molecule has 1 fully saturated rings. The number of allylic oxidation sites excluding steroid dienone is 1. The minimum atomic E-state index is 0.671. The molecule has 0 unspecified atom stereocenters. The van der Waals surface area contributed by atoms with E-state index in [-0.39, 0.29) is 0 Å². The highest BCUT2D eigenvalue weighted by atomic mass is 79.9. The second-order valence-electron chi connectivity index (χ2n) is 4.66. The van der Waals surface area contributed by atoms with Crippen molar-refractivity contribution >= 4 is 21.5 Å². The van der Waals surface area contributed by atoms with Crippen molar-refractivity contribution in [3.63, 3.8) is 0 Å². The van der Waals surface area contributed by atoms with Crippen LogP contribution in [-0.2, 0) is 0 Å². The second-order valence-corrected chi connectivity index (χ2v) is 5.41. The molecule has 2 atom stereocenters. The van der Waals surface area contributed by atoms with Gasteiger partial charge < -0.3 is 10.1 Å². The molecule has 2 heterocycles. The largest absolute Gasteiger partial charge is 0.494 e. The van der Waals surface area contributed by atoms with Gasteiger partial charge in [-0.3, -0.25) is 0 Å². The standard InChI is InChI=1S/C13H15BrN2O/c1-17-12-5-10(7-16-13(12)14)8-2-3-9-6-15-11(9)4-8/h2,5,7,9,11,15H,3-4,6H2,1H3/t9-,11-/m0/s1. The molecule has 2 aliphatic rings. The number of nitrogens with zero attached hydrogens (tertiary/aromatic N) is 1. The van der Waals surface area contributed by atoms with Gasteiger partial charge in [0.15, 0.2) is 5.75 Å². The van der Waals surface area contributed by atoms with Crippen molar-refractivity contribution in [3.8, 4) is 5.75 Å². The predicted molar refractivity (Wildman–Crippen MR) is 71.0 cm³/mol. The lowest BCUT2D eigenvalue weighted by atomic mass is 9.78. The van der Waals surface area contributed by atoms with Crippen molar-refractivity contribution in [2.24, 2.45) is 5.92 Å². The van der Waals surface area contributed by atoms with Crippen LogP contribution in [0.3, 0.4) is 0 Å². The molecule has 4 heteroatoms. The van der Waals surface area contributed by atoms with Gasteiger partial charge in [-0.15, -0.1) is 0 Å². The summed E-state index contributed by atoms with van der Waals surface area (Å²) in [6.45, 7) is 1.18. The molecular formula is C13H15BrN2O. The predicted octanol–water partition coefficient (Wildman–Crippen LogP) is 2.62. The van der Waals surface area contributed by atoms with Crippen molar-refractivity contribution in [2.45, 2.75) is 18.9 Å². The number of fused-ring (bicyclic) bond motifs is 1. The highest BCUT2D eigenvalue weighted by Crippen LogP contribution is 2.35. The maximum absolute atomic E-state index is 5.29. The molecule has 3 nitrogen and oxygen atoms in total. The topological polar surface area (TPSA) is 34.1 Å². The smallest absolute Gasteiger partial charge is 0.152 e. The highest BCUT2D eigenvalue weighted by molar-refractivity contribution is 9.10. The van der Waals surface area contributed by atoms with E-state index in [0.717, 1.165) is 22.7 Å². The van der Waals surface area contributed by atoms with E-state index in [0.29, 0.717) is 6.04 Å². The van der Waals surface area contributed by atoms with Crippen molar-refractivity contribution in [3.05, 3.63) is 28.5 Å². The lowest BCUT2D eigenvalue weighted by molar-refractivity contribution is 0.230. The van der Waals surface area contributed by atoms with Gasteiger partial charge in [-0.05, 0) is 51.9 Å². The van der Waals surface area contributed by atoms with E-state index in [4.69, 9.17) is 4.74 Å². The Labute approximate surface area is 109 Å². The molecule has 0 spiro atoms. The van der Waals surface area contributed by atoms with E-state index in [1.165, 1.54) is 24.1 Å². The number of halogens is 1. The SMILES string of the molecule is COc1cc(C2=CC[C@H]3CN[C@H]3C2)cnc1Br. The number of rotatable bonds is 2. The molecule has 0 aromatic carbocycles. The molecule has 0 saturated carbocycles. The zero-order valence-electron chi connectivity index (χ0n) is 9.74.